The van der Waals surface area contributed by atoms with Gasteiger partial charge in [0.1, 0.15) is 5.56 Å². The van der Waals surface area contributed by atoms with E-state index in [1.165, 1.54) is 161 Å². The molecule has 3 heterocycles. The summed E-state index contributed by atoms with van der Waals surface area (Å²) >= 11 is 6.76. The molecule has 1 atom stereocenters. The van der Waals surface area contributed by atoms with E-state index in [-0.39, 0.29) is 29.6 Å². The average Bonchev–Trinajstić information content (AvgIpc) is 3.80. The molecule has 0 spiro atoms. The lowest BCUT2D eigenvalue weighted by molar-refractivity contribution is -0.120. The van der Waals surface area contributed by atoms with Gasteiger partial charge in [-0.3, -0.25) is 19.3 Å². The zero-order valence-corrected chi connectivity index (χ0v) is 39.4. The van der Waals surface area contributed by atoms with Crippen molar-refractivity contribution in [1.29, 1.82) is 0 Å². The summed E-state index contributed by atoms with van der Waals surface area (Å²) in [6.45, 7) is 10.7. The van der Waals surface area contributed by atoms with Crippen LogP contribution in [0, 0.1) is 17.6 Å². The molecule has 54 heavy (non-hydrogen) atoms. The Morgan fingerprint density at radius 1 is 0.722 bits per heavy atom. The molecule has 0 bridgehead atoms. The predicted octanol–water partition coefficient (Wildman–Crippen LogP) is 13.4. The number of thiophene rings is 2. The molecule has 0 saturated heterocycles. The molecule has 3 rings (SSSR count). The van der Waals surface area contributed by atoms with Crippen molar-refractivity contribution in [1.82, 2.24) is 4.90 Å². The highest BCUT2D eigenvalue weighted by Gasteiger charge is 2.39. The fourth-order valence-electron chi connectivity index (χ4n) is 6.64. The van der Waals surface area contributed by atoms with Gasteiger partial charge in [0.15, 0.2) is 5.75 Å². The van der Waals surface area contributed by atoms with Crippen molar-refractivity contribution in [3.63, 3.8) is 0 Å². The number of unbranched alkanes of at least 4 members (excludes halogenated alkanes) is 14. The van der Waals surface area contributed by atoms with Crippen LogP contribution in [0.4, 0.5) is 0 Å². The maximum absolute atomic E-state index is 12.7. The average molecular weight is 1010 g/mol. The molecule has 1 unspecified atom stereocenters. The number of halogens is 2. The number of carbonyl (C=O) groups excluding carboxylic acids is 3. The Labute approximate surface area is 361 Å². The molecule has 0 radical (unpaired) electrons. The zero-order chi connectivity index (χ0) is 40.1. The van der Waals surface area contributed by atoms with Crippen molar-refractivity contribution in [3.05, 3.63) is 33.2 Å². The molecular formula is C42H68I2N2O6S2. The van der Waals surface area contributed by atoms with E-state index in [1.807, 2.05) is 28.0 Å². The van der Waals surface area contributed by atoms with Crippen molar-refractivity contribution in [3.8, 4) is 5.75 Å². The number of fused-ring (bicyclic) bond motifs is 1. The van der Waals surface area contributed by atoms with Gasteiger partial charge in [-0.05, 0) is 89.2 Å². The van der Waals surface area contributed by atoms with Gasteiger partial charge >= 0.3 is 5.97 Å². The minimum absolute atomic E-state index is 0.0488. The molecule has 0 fully saturated rings. The molecule has 2 aromatic rings. The molecule has 12 heteroatoms. The zero-order valence-electron chi connectivity index (χ0n) is 33.4. The number of ether oxygens (including phenoxy) is 1. The maximum atomic E-state index is 12.7. The first kappa shape index (κ1) is 50.9. The highest BCUT2D eigenvalue weighted by Crippen LogP contribution is 2.34. The number of hydrogen-bond acceptors (Lipinski definition) is 8. The first-order chi connectivity index (χ1) is 26.1. The number of rotatable bonds is 28. The number of carboxylic acids is 1. The summed E-state index contributed by atoms with van der Waals surface area (Å²) in [6.07, 6.45) is 29.0. The number of amides is 2. The second-order valence-electron chi connectivity index (χ2n) is 14.4. The van der Waals surface area contributed by atoms with Crippen molar-refractivity contribution in [2.75, 3.05) is 13.1 Å². The molecule has 0 aliphatic carbocycles. The number of carbonyl (C=O) groups is 4. The Hall–Kier alpha value is -1.10. The van der Waals surface area contributed by atoms with Gasteiger partial charge in [0.25, 0.3) is 18.3 Å². The molecule has 8 nitrogen and oxygen atoms in total. The molecule has 1 aliphatic rings. The lowest BCUT2D eigenvalue weighted by Gasteiger charge is -2.23. The summed E-state index contributed by atoms with van der Waals surface area (Å²) in [6, 6.07) is 0. The molecule has 2 amide bonds. The van der Waals surface area contributed by atoms with Crippen LogP contribution in [-0.2, 0) is 4.79 Å². The fourth-order valence-corrected chi connectivity index (χ4v) is 9.86. The van der Waals surface area contributed by atoms with Crippen LogP contribution in [0.1, 0.15) is 200 Å². The first-order valence-corrected chi connectivity index (χ1v) is 24.5. The van der Waals surface area contributed by atoms with Crippen LogP contribution in [0.2, 0.25) is 0 Å². The van der Waals surface area contributed by atoms with Crippen molar-refractivity contribution < 1.29 is 29.0 Å². The first-order valence-electron chi connectivity index (χ1n) is 20.5. The third-order valence-corrected chi connectivity index (χ3v) is 14.0. The van der Waals surface area contributed by atoms with Crippen LogP contribution in [0.5, 0.6) is 5.75 Å². The third-order valence-electron chi connectivity index (χ3n) is 9.92. The highest BCUT2D eigenvalue weighted by molar-refractivity contribution is 14.1. The van der Waals surface area contributed by atoms with Crippen molar-refractivity contribution in [2.45, 2.75) is 169 Å². The largest absolute Gasteiger partial charge is 0.477 e. The number of imide groups is 1. The molecule has 1 aliphatic heterocycles. The molecule has 308 valence electrons. The lowest BCUT2D eigenvalue weighted by Crippen LogP contribution is -2.35. The van der Waals surface area contributed by atoms with Crippen molar-refractivity contribution in [2.24, 2.45) is 17.6 Å². The number of nitrogens with zero attached hydrogens (tertiary/aromatic N) is 1. The Morgan fingerprint density at radius 2 is 1.17 bits per heavy atom. The van der Waals surface area contributed by atoms with Gasteiger partial charge in [0.2, 0.25) is 0 Å². The monoisotopic (exact) mass is 1010 g/mol. The summed E-state index contributed by atoms with van der Waals surface area (Å²) in [7, 11) is 0. The summed E-state index contributed by atoms with van der Waals surface area (Å²) in [5.41, 5.74) is 7.16. The number of hydrogen-bond donors (Lipinski definition) is 2. The van der Waals surface area contributed by atoms with Gasteiger partial charge in [-0.2, -0.15) is 0 Å². The van der Waals surface area contributed by atoms with Crippen LogP contribution in [0.3, 0.4) is 0 Å². The Kier molecular flexibility index (Phi) is 30.1. The van der Waals surface area contributed by atoms with E-state index in [4.69, 9.17) is 10.8 Å². The van der Waals surface area contributed by atoms with Crippen molar-refractivity contribution >= 4 is 92.1 Å². The Balaban J connectivity index is 0.000000436. The van der Waals surface area contributed by atoms with E-state index < -0.39 is 5.97 Å². The standard InChI is InChI=1S/C20H30INO2S.C16H35N.C6H3IO4S/c1-3-5-7-9-11-15(12-10-8-6-4-2)13-22-19(23)16-14-25-18(21)17(16)20(22)24;1-3-5-7-9-10-12-14-16(15-17)13-11-8-6-4-2;7-5-4(6(9)10)3(1-12-5)11-2-8/h14-15H,3-13H2,1-2H3;16H,3-15,17H2,1-2H3;1-2H,(H,9,10). The summed E-state index contributed by atoms with van der Waals surface area (Å²) in [5.74, 6) is 0.124. The quantitative estimate of drug-likeness (QED) is 0.0376. The molecule has 0 aromatic carbocycles. The SMILES string of the molecule is CCCCCCC(CCCCCC)CN1C(=O)c2csc(I)c2C1=O.CCCCCCCCC(CN)CCCCCC.O=COc1csc(I)c1C(=O)O. The summed E-state index contributed by atoms with van der Waals surface area (Å²) < 4.78 is 6.00. The number of aromatic carboxylic acids is 1. The maximum Gasteiger partial charge on any atom is 0.341 e. The fraction of sp³-hybridized carbons (Fsp3) is 0.714. The molecule has 0 saturated carbocycles. The molecule has 2 aromatic heterocycles. The highest BCUT2D eigenvalue weighted by atomic mass is 127. The smallest absolute Gasteiger partial charge is 0.341 e. The molecule has 3 N–H and O–H groups in total. The van der Waals surface area contributed by atoms with Gasteiger partial charge in [0, 0.05) is 17.3 Å². The van der Waals surface area contributed by atoms with Crippen LogP contribution >= 0.6 is 67.9 Å². The topological polar surface area (TPSA) is 127 Å². The van der Waals surface area contributed by atoms with Gasteiger partial charge < -0.3 is 15.6 Å². The van der Waals surface area contributed by atoms with Crippen LogP contribution in [0.15, 0.2) is 10.8 Å². The van der Waals surface area contributed by atoms with E-state index in [9.17, 15) is 19.2 Å². The number of carboxylic acid groups (broad SMARTS) is 1. The van der Waals surface area contributed by atoms with Crippen LogP contribution in [0.25, 0.3) is 0 Å². The van der Waals surface area contributed by atoms with Crippen LogP contribution < -0.4 is 10.5 Å². The Bertz CT molecular complexity index is 1320. The van der Waals surface area contributed by atoms with E-state index in [0.717, 1.165) is 28.2 Å². The normalized spacial score (nSPS) is 12.6. The second kappa shape index (κ2) is 31.9. The second-order valence-corrected chi connectivity index (χ2v) is 19.7. The minimum Gasteiger partial charge on any atom is -0.477 e. The van der Waals surface area contributed by atoms with E-state index in [0.29, 0.717) is 26.5 Å². The lowest BCUT2D eigenvalue weighted by atomic mass is 9.94. The third kappa shape index (κ3) is 19.9. The van der Waals surface area contributed by atoms with E-state index in [2.05, 4.69) is 55.0 Å². The van der Waals surface area contributed by atoms with Gasteiger partial charge in [0.05, 0.1) is 16.9 Å². The summed E-state index contributed by atoms with van der Waals surface area (Å²) in [5, 5.41) is 12.0. The van der Waals surface area contributed by atoms with E-state index in [1.54, 1.807) is 0 Å². The molecular weight excluding hydrogens is 946 g/mol. The van der Waals surface area contributed by atoms with E-state index >= 15 is 0 Å². The van der Waals surface area contributed by atoms with Crippen LogP contribution in [-0.4, -0.2) is 47.4 Å². The Morgan fingerprint density at radius 3 is 1.61 bits per heavy atom. The minimum atomic E-state index is -1.09. The predicted molar refractivity (Wildman–Crippen MR) is 243 cm³/mol. The van der Waals surface area contributed by atoms with Gasteiger partial charge in [-0.15, -0.1) is 22.7 Å². The number of nitrogens with two attached hydrogens (primary N) is 1. The van der Waals surface area contributed by atoms with Gasteiger partial charge in [-0.1, -0.05) is 143 Å². The summed E-state index contributed by atoms with van der Waals surface area (Å²) in [4.78, 5) is 47.3. The van der Waals surface area contributed by atoms with Gasteiger partial charge in [-0.25, -0.2) is 4.79 Å².